The summed E-state index contributed by atoms with van der Waals surface area (Å²) in [6, 6.07) is 4.10. The summed E-state index contributed by atoms with van der Waals surface area (Å²) < 4.78 is 16.8. The van der Waals surface area contributed by atoms with Crippen molar-refractivity contribution in [3.8, 4) is 0 Å². The van der Waals surface area contributed by atoms with Crippen molar-refractivity contribution in [1.29, 1.82) is 0 Å². The quantitative estimate of drug-likeness (QED) is 0.625. The lowest BCUT2D eigenvalue weighted by Crippen LogP contribution is -2.55. The average molecular weight is 448 g/mol. The van der Waals surface area contributed by atoms with Crippen molar-refractivity contribution >= 4 is 18.0 Å². The van der Waals surface area contributed by atoms with Crippen LogP contribution in [0.2, 0.25) is 0 Å². The van der Waals surface area contributed by atoms with E-state index >= 15 is 0 Å². The van der Waals surface area contributed by atoms with Crippen LogP contribution in [0.1, 0.15) is 65.6 Å². The van der Waals surface area contributed by atoms with E-state index in [1.54, 1.807) is 9.80 Å². The Morgan fingerprint density at radius 1 is 1.03 bits per heavy atom. The molecule has 1 saturated heterocycles. The van der Waals surface area contributed by atoms with Crippen LogP contribution in [0, 0.1) is 0 Å². The molecule has 0 aromatic carbocycles. The van der Waals surface area contributed by atoms with Gasteiger partial charge >= 0.3 is 12.2 Å². The average Bonchev–Trinajstić information content (AvgIpc) is 2.62. The van der Waals surface area contributed by atoms with E-state index in [4.69, 9.17) is 19.2 Å². The molecule has 2 aliphatic heterocycles. The molecule has 8 nitrogen and oxygen atoms in total. The number of hydrogen-bond donors (Lipinski definition) is 0. The molecule has 0 spiro atoms. The summed E-state index contributed by atoms with van der Waals surface area (Å²) in [5, 5.41) is 0. The summed E-state index contributed by atoms with van der Waals surface area (Å²) in [5.41, 5.74) is 0.999. The summed E-state index contributed by atoms with van der Waals surface area (Å²) >= 11 is 0. The number of pyridine rings is 1. The van der Waals surface area contributed by atoms with Crippen LogP contribution in [0.5, 0.6) is 0 Å². The Morgan fingerprint density at radius 3 is 2.34 bits per heavy atom. The third kappa shape index (κ3) is 6.82. The molecule has 2 amide bonds. The van der Waals surface area contributed by atoms with Crippen LogP contribution in [0.3, 0.4) is 0 Å². The van der Waals surface area contributed by atoms with Crippen LogP contribution in [-0.2, 0) is 27.1 Å². The number of hydrogen-bond acceptors (Lipinski definition) is 6. The number of aromatic nitrogens is 1. The van der Waals surface area contributed by atoms with E-state index < -0.39 is 11.2 Å². The molecule has 8 heteroatoms. The minimum absolute atomic E-state index is 0.0571. The zero-order chi connectivity index (χ0) is 23.5. The highest BCUT2D eigenvalue weighted by atomic mass is 16.6. The van der Waals surface area contributed by atoms with Gasteiger partial charge in [-0.15, -0.1) is 0 Å². The number of nitrogens with zero attached hydrogens (tertiary/aromatic N) is 3. The van der Waals surface area contributed by atoms with E-state index in [1.165, 1.54) is 0 Å². The number of carbonyl (C=O) groups is 2. The largest absolute Gasteiger partial charge is 0.444 e. The topological polar surface area (TPSA) is 81.2 Å². The number of rotatable bonds is 5. The van der Waals surface area contributed by atoms with Crippen LogP contribution in [0.25, 0.3) is 0 Å². The van der Waals surface area contributed by atoms with Gasteiger partial charge in [0.15, 0.2) is 0 Å². The van der Waals surface area contributed by atoms with Crippen LogP contribution in [-0.4, -0.2) is 65.6 Å². The lowest BCUT2D eigenvalue weighted by Gasteiger charge is -2.39. The Hall–Kier alpha value is -2.35. The van der Waals surface area contributed by atoms with Crippen molar-refractivity contribution in [2.24, 2.45) is 0 Å². The third-order valence-corrected chi connectivity index (χ3v) is 5.14. The zero-order valence-corrected chi connectivity index (χ0v) is 20.3. The van der Waals surface area contributed by atoms with Crippen molar-refractivity contribution < 1.29 is 23.8 Å². The molecule has 0 bridgehead atoms. The van der Waals surface area contributed by atoms with Gasteiger partial charge in [-0.05, 0) is 78.9 Å². The highest BCUT2D eigenvalue weighted by Crippen LogP contribution is 2.27. The minimum Gasteiger partial charge on any atom is -0.444 e. The summed E-state index contributed by atoms with van der Waals surface area (Å²) in [6.07, 6.45) is 2.83. The van der Waals surface area contributed by atoms with Crippen molar-refractivity contribution in [2.45, 2.75) is 84.5 Å². The van der Waals surface area contributed by atoms with Crippen LogP contribution < -0.4 is 4.90 Å². The molecule has 0 atom stereocenters. The molecular weight excluding hydrogens is 410 g/mol. The van der Waals surface area contributed by atoms with Gasteiger partial charge in [-0.1, -0.05) is 6.07 Å². The van der Waals surface area contributed by atoms with Gasteiger partial charge in [-0.25, -0.2) is 14.6 Å². The molecule has 32 heavy (non-hydrogen) atoms. The number of ether oxygens (including phenoxy) is 3. The molecule has 1 aromatic heterocycles. The monoisotopic (exact) mass is 447 g/mol. The fourth-order valence-electron chi connectivity index (χ4n) is 3.64. The number of fused-ring (bicyclic) bond motifs is 1. The maximum absolute atomic E-state index is 12.6. The van der Waals surface area contributed by atoms with Crippen LogP contribution in [0.4, 0.5) is 15.4 Å². The first kappa shape index (κ1) is 24.3. The second-order valence-electron chi connectivity index (χ2n) is 10.5. The molecule has 0 unspecified atom stereocenters. The van der Waals surface area contributed by atoms with E-state index in [-0.39, 0.29) is 18.3 Å². The normalized spacial score (nSPS) is 16.9. The zero-order valence-electron chi connectivity index (χ0n) is 20.3. The van der Waals surface area contributed by atoms with Crippen LogP contribution in [0.15, 0.2) is 12.1 Å². The number of carbonyl (C=O) groups excluding carboxylic acids is 2. The summed E-state index contributed by atoms with van der Waals surface area (Å²) in [4.78, 5) is 32.7. The fourth-order valence-corrected chi connectivity index (χ4v) is 3.64. The molecule has 0 N–H and O–H groups in total. The van der Waals surface area contributed by atoms with Gasteiger partial charge < -0.3 is 19.1 Å². The van der Waals surface area contributed by atoms with E-state index in [0.717, 1.165) is 42.8 Å². The first-order chi connectivity index (χ1) is 14.9. The van der Waals surface area contributed by atoms with Gasteiger partial charge in [0.05, 0.1) is 19.2 Å². The molecule has 2 aliphatic rings. The van der Waals surface area contributed by atoms with Crippen molar-refractivity contribution in [1.82, 2.24) is 9.88 Å². The maximum Gasteiger partial charge on any atom is 0.416 e. The third-order valence-electron chi connectivity index (χ3n) is 5.14. The molecule has 1 fully saturated rings. The van der Waals surface area contributed by atoms with Crippen LogP contribution >= 0.6 is 0 Å². The van der Waals surface area contributed by atoms with Gasteiger partial charge in [0.2, 0.25) is 0 Å². The predicted molar refractivity (Wildman–Crippen MR) is 122 cm³/mol. The Labute approximate surface area is 191 Å². The van der Waals surface area contributed by atoms with Gasteiger partial charge in [0.25, 0.3) is 0 Å². The highest BCUT2D eigenvalue weighted by Gasteiger charge is 2.34. The lowest BCUT2D eigenvalue weighted by atomic mass is 10.0. The molecule has 3 rings (SSSR count). The summed E-state index contributed by atoms with van der Waals surface area (Å²) in [5.74, 6) is 0.718. The first-order valence-corrected chi connectivity index (χ1v) is 11.5. The number of amides is 2. The molecule has 178 valence electrons. The molecular formula is C24H37N3O5. The van der Waals surface area contributed by atoms with E-state index in [0.29, 0.717) is 26.2 Å². The minimum atomic E-state index is -0.537. The fraction of sp³-hybridized carbons (Fsp3) is 0.708. The Kier molecular flexibility index (Phi) is 7.32. The van der Waals surface area contributed by atoms with E-state index in [9.17, 15) is 9.59 Å². The maximum atomic E-state index is 12.6. The van der Waals surface area contributed by atoms with Gasteiger partial charge in [-0.2, -0.15) is 0 Å². The molecule has 0 saturated carbocycles. The van der Waals surface area contributed by atoms with Crippen molar-refractivity contribution in [3.63, 3.8) is 0 Å². The molecule has 3 heterocycles. The number of anilines is 1. The molecule has 0 aliphatic carbocycles. The van der Waals surface area contributed by atoms with Gasteiger partial charge in [0, 0.05) is 18.8 Å². The first-order valence-electron chi connectivity index (χ1n) is 11.5. The van der Waals surface area contributed by atoms with E-state index in [1.807, 2.05) is 47.6 Å². The molecule has 1 aromatic rings. The van der Waals surface area contributed by atoms with Gasteiger partial charge in [0.1, 0.15) is 17.0 Å². The van der Waals surface area contributed by atoms with E-state index in [2.05, 4.69) is 6.07 Å². The Balaban J connectivity index is 1.45. The smallest absolute Gasteiger partial charge is 0.416 e. The lowest BCUT2D eigenvalue weighted by molar-refractivity contribution is -0.0634. The SMILES string of the molecule is CC(C)(C)OC(=O)N1CC(OCCCc2ccc3c(n2)N(C(=O)OC(C)(C)C)CCC3)C1. The summed E-state index contributed by atoms with van der Waals surface area (Å²) in [7, 11) is 0. The highest BCUT2D eigenvalue weighted by molar-refractivity contribution is 5.88. The summed E-state index contributed by atoms with van der Waals surface area (Å²) in [6.45, 7) is 13.5. The van der Waals surface area contributed by atoms with Gasteiger partial charge in [-0.3, -0.25) is 4.90 Å². The number of aryl methyl sites for hydroxylation is 2. The number of likely N-dealkylation sites (tertiary alicyclic amines) is 1. The van der Waals surface area contributed by atoms with Crippen molar-refractivity contribution in [3.05, 3.63) is 23.4 Å². The predicted octanol–water partition coefficient (Wildman–Crippen LogP) is 4.34. The molecule has 0 radical (unpaired) electrons. The van der Waals surface area contributed by atoms with Crippen molar-refractivity contribution in [2.75, 3.05) is 31.1 Å². The Bertz CT molecular complexity index is 822. The second-order valence-corrected chi connectivity index (χ2v) is 10.5. The standard InChI is InChI=1S/C24H37N3O5/c1-23(2,3)31-21(28)26-15-19(16-26)30-14-8-10-18-12-11-17-9-7-13-27(20(17)25-18)22(29)32-24(4,5)6/h11-12,19H,7-10,13-16H2,1-6H3. The second kappa shape index (κ2) is 9.65. The Morgan fingerprint density at radius 2 is 1.69 bits per heavy atom.